The maximum atomic E-state index is 12.6. The second kappa shape index (κ2) is 16.4. The van der Waals surface area contributed by atoms with Crippen LogP contribution in [0.25, 0.3) is 0 Å². The van der Waals surface area contributed by atoms with E-state index >= 15 is 0 Å². The number of carbonyl (C=O) groups is 4. The summed E-state index contributed by atoms with van der Waals surface area (Å²) in [6, 6.07) is 20.8. The van der Waals surface area contributed by atoms with Crippen molar-refractivity contribution in [3.05, 3.63) is 108 Å². The topological polar surface area (TPSA) is 143 Å². The first-order valence-corrected chi connectivity index (χ1v) is 14.4. The molecule has 0 unspecified atom stereocenters. The molecule has 4 aromatic rings. The normalized spacial score (nSPS) is 10.6. The molecule has 2 aromatic carbocycles. The van der Waals surface area contributed by atoms with Crippen LogP contribution in [0.1, 0.15) is 77.2 Å². The second-order valence-corrected chi connectivity index (χ2v) is 9.98. The van der Waals surface area contributed by atoms with E-state index in [4.69, 9.17) is 8.83 Å². The maximum absolute atomic E-state index is 12.6. The van der Waals surface area contributed by atoms with Gasteiger partial charge in [-0.3, -0.25) is 19.2 Å². The zero-order valence-corrected chi connectivity index (χ0v) is 23.9. The zero-order valence-electron chi connectivity index (χ0n) is 23.9. The van der Waals surface area contributed by atoms with Crippen LogP contribution >= 0.6 is 0 Å². The van der Waals surface area contributed by atoms with E-state index in [9.17, 15) is 19.2 Å². The van der Waals surface area contributed by atoms with Crippen LogP contribution in [0.2, 0.25) is 0 Å². The molecule has 4 N–H and O–H groups in total. The lowest BCUT2D eigenvalue weighted by Gasteiger charge is -2.11. The van der Waals surface area contributed by atoms with Crippen molar-refractivity contribution >= 4 is 35.0 Å². The lowest BCUT2D eigenvalue weighted by atomic mass is 10.1. The summed E-state index contributed by atoms with van der Waals surface area (Å²) < 4.78 is 10.5. The fourth-order valence-corrected chi connectivity index (χ4v) is 4.46. The maximum Gasteiger partial charge on any atom is 0.253 e. The molecule has 224 valence electrons. The predicted octanol–water partition coefficient (Wildman–Crippen LogP) is 6.04. The smallest absolute Gasteiger partial charge is 0.253 e. The molecule has 0 bridgehead atoms. The van der Waals surface area contributed by atoms with Crippen molar-refractivity contribution in [1.29, 1.82) is 0 Å². The van der Waals surface area contributed by atoms with Crippen molar-refractivity contribution in [1.82, 2.24) is 10.6 Å². The number of rotatable bonds is 16. The Morgan fingerprint density at radius 2 is 0.930 bits per heavy atom. The number of amides is 4. The van der Waals surface area contributed by atoms with Gasteiger partial charge in [-0.05, 0) is 61.4 Å². The first kappa shape index (κ1) is 30.8. The van der Waals surface area contributed by atoms with Gasteiger partial charge in [0.1, 0.15) is 11.5 Å². The molecule has 0 radical (unpaired) electrons. The van der Waals surface area contributed by atoms with Crippen LogP contribution in [-0.2, 0) is 22.7 Å². The summed E-state index contributed by atoms with van der Waals surface area (Å²) in [5.41, 5.74) is 1.70. The van der Waals surface area contributed by atoms with Crippen molar-refractivity contribution in [3.8, 4) is 0 Å². The summed E-state index contributed by atoms with van der Waals surface area (Å²) in [7, 11) is 0. The van der Waals surface area contributed by atoms with Crippen molar-refractivity contribution in [3.63, 3.8) is 0 Å². The molecule has 0 saturated carbocycles. The van der Waals surface area contributed by atoms with Crippen LogP contribution in [0.5, 0.6) is 0 Å². The fourth-order valence-electron chi connectivity index (χ4n) is 4.46. The minimum atomic E-state index is -0.298. The molecule has 4 amide bonds. The number of hydrogen-bond acceptors (Lipinski definition) is 6. The molecule has 0 aliphatic carbocycles. The molecule has 10 nitrogen and oxygen atoms in total. The Balaban J connectivity index is 1.10. The third-order valence-corrected chi connectivity index (χ3v) is 6.71. The highest BCUT2D eigenvalue weighted by atomic mass is 16.3. The van der Waals surface area contributed by atoms with Crippen LogP contribution in [0.4, 0.5) is 11.4 Å². The van der Waals surface area contributed by atoms with Gasteiger partial charge in [-0.2, -0.15) is 0 Å². The van der Waals surface area contributed by atoms with E-state index in [1.54, 1.807) is 85.3 Å². The van der Waals surface area contributed by atoms with Crippen molar-refractivity contribution in [2.24, 2.45) is 0 Å². The molecule has 0 aliphatic rings. The minimum absolute atomic E-state index is 0.155. The third kappa shape index (κ3) is 10.0. The van der Waals surface area contributed by atoms with Crippen LogP contribution in [0.3, 0.4) is 0 Å². The lowest BCUT2D eigenvalue weighted by Crippen LogP contribution is -2.24. The molecule has 4 rings (SSSR count). The fraction of sp³-hybridized carbons (Fsp3) is 0.273. The predicted molar refractivity (Wildman–Crippen MR) is 162 cm³/mol. The highest BCUT2D eigenvalue weighted by Gasteiger charge is 2.15. The highest BCUT2D eigenvalue weighted by Crippen LogP contribution is 2.18. The molecule has 10 heteroatoms. The summed E-state index contributed by atoms with van der Waals surface area (Å²) in [5, 5.41) is 11.3. The van der Waals surface area contributed by atoms with Gasteiger partial charge in [0, 0.05) is 12.8 Å². The lowest BCUT2D eigenvalue weighted by molar-refractivity contribution is -0.117. The molecule has 0 saturated heterocycles. The van der Waals surface area contributed by atoms with Crippen molar-refractivity contribution in [2.45, 2.75) is 58.0 Å². The number of nitrogens with one attached hydrogen (secondary N) is 4. The molecular weight excluding hydrogens is 548 g/mol. The Hall–Kier alpha value is -5.12. The first-order valence-electron chi connectivity index (χ1n) is 14.4. The van der Waals surface area contributed by atoms with Crippen LogP contribution in [-0.4, -0.2) is 23.6 Å². The summed E-state index contributed by atoms with van der Waals surface area (Å²) in [4.78, 5) is 50.3. The van der Waals surface area contributed by atoms with Gasteiger partial charge in [-0.15, -0.1) is 0 Å². The number of carbonyl (C=O) groups excluding carboxylic acids is 4. The third-order valence-electron chi connectivity index (χ3n) is 6.71. The second-order valence-electron chi connectivity index (χ2n) is 9.98. The minimum Gasteiger partial charge on any atom is -0.467 e. The summed E-state index contributed by atoms with van der Waals surface area (Å²) >= 11 is 0. The van der Waals surface area contributed by atoms with Gasteiger partial charge < -0.3 is 30.1 Å². The van der Waals surface area contributed by atoms with E-state index in [0.29, 0.717) is 59.7 Å². The van der Waals surface area contributed by atoms with Gasteiger partial charge in [-0.25, -0.2) is 0 Å². The number of benzene rings is 2. The van der Waals surface area contributed by atoms with Crippen molar-refractivity contribution < 1.29 is 28.0 Å². The Morgan fingerprint density at radius 3 is 1.35 bits per heavy atom. The van der Waals surface area contributed by atoms with E-state index in [2.05, 4.69) is 21.3 Å². The Labute approximate surface area is 250 Å². The average Bonchev–Trinajstić information content (AvgIpc) is 3.74. The summed E-state index contributed by atoms with van der Waals surface area (Å²) in [5.74, 6) is 0.377. The molecular formula is C33H36N4O6. The van der Waals surface area contributed by atoms with E-state index < -0.39 is 0 Å². The molecule has 43 heavy (non-hydrogen) atoms. The van der Waals surface area contributed by atoms with E-state index in [0.717, 1.165) is 19.3 Å². The molecule has 0 aliphatic heterocycles. The van der Waals surface area contributed by atoms with Gasteiger partial charge in [0.15, 0.2) is 0 Å². The van der Waals surface area contributed by atoms with Gasteiger partial charge in [0.25, 0.3) is 11.8 Å². The summed E-state index contributed by atoms with van der Waals surface area (Å²) in [6.07, 6.45) is 7.74. The molecule has 2 aromatic heterocycles. The van der Waals surface area contributed by atoms with Gasteiger partial charge in [0.2, 0.25) is 11.8 Å². The van der Waals surface area contributed by atoms with Crippen LogP contribution in [0, 0.1) is 0 Å². The van der Waals surface area contributed by atoms with E-state index in [1.165, 1.54) is 0 Å². The monoisotopic (exact) mass is 584 g/mol. The largest absolute Gasteiger partial charge is 0.467 e. The zero-order chi connectivity index (χ0) is 30.3. The standard InChI is InChI=1S/C33H36N4O6/c38-30(36-28-16-8-6-14-26(28)32(40)34-22-24-12-10-20-42-24)18-4-2-1-3-5-19-31(39)37-29-17-9-7-15-27(29)33(41)35-23-25-13-11-21-43-25/h6-17,20-21H,1-5,18-19,22-23H2,(H,34,40)(H,35,41)(H,36,38)(H,37,39). The Kier molecular flexibility index (Phi) is 11.7. The van der Waals surface area contributed by atoms with E-state index in [-0.39, 0.29) is 36.7 Å². The number of para-hydroxylation sites is 2. The van der Waals surface area contributed by atoms with Gasteiger partial charge >= 0.3 is 0 Å². The molecule has 0 spiro atoms. The van der Waals surface area contributed by atoms with E-state index in [1.807, 2.05) is 0 Å². The Bertz CT molecular complexity index is 1370. The quantitative estimate of drug-likeness (QED) is 0.118. The number of furan rings is 2. The molecule has 0 atom stereocenters. The first-order chi connectivity index (χ1) is 21.0. The Morgan fingerprint density at radius 1 is 0.512 bits per heavy atom. The molecule has 0 fully saturated rings. The number of hydrogen-bond donors (Lipinski definition) is 4. The van der Waals surface area contributed by atoms with Crippen LogP contribution in [0.15, 0.2) is 94.2 Å². The summed E-state index contributed by atoms with van der Waals surface area (Å²) in [6.45, 7) is 0.515. The van der Waals surface area contributed by atoms with Gasteiger partial charge in [-0.1, -0.05) is 43.5 Å². The molecule has 2 heterocycles. The van der Waals surface area contributed by atoms with Crippen molar-refractivity contribution in [2.75, 3.05) is 10.6 Å². The van der Waals surface area contributed by atoms with Crippen LogP contribution < -0.4 is 21.3 Å². The SMILES string of the molecule is O=C(CCCCCCCC(=O)Nc1ccccc1C(=O)NCc1ccco1)Nc1ccccc1C(=O)NCc1ccco1. The number of anilines is 2. The highest BCUT2D eigenvalue weighted by molar-refractivity contribution is 6.04. The average molecular weight is 585 g/mol. The number of unbranched alkanes of at least 4 members (excludes halogenated alkanes) is 4. The van der Waals surface area contributed by atoms with Gasteiger partial charge in [0.05, 0.1) is 48.1 Å².